The van der Waals surface area contributed by atoms with Gasteiger partial charge in [0.2, 0.25) is 11.8 Å². The number of nitrogens with one attached hydrogen (secondary N) is 2. The number of aldehydes is 1. The minimum Gasteiger partial charge on any atom is -0.389 e. The van der Waals surface area contributed by atoms with Gasteiger partial charge in [-0.15, -0.1) is 6.58 Å². The van der Waals surface area contributed by atoms with E-state index in [0.717, 1.165) is 0 Å². The lowest BCUT2D eigenvalue weighted by Crippen LogP contribution is -2.52. The molecule has 8 nitrogen and oxygen atoms in total. The Kier molecular flexibility index (Phi) is 10.0. The van der Waals surface area contributed by atoms with Crippen LogP contribution < -0.4 is 10.6 Å². The van der Waals surface area contributed by atoms with E-state index in [1.54, 1.807) is 6.08 Å². The van der Waals surface area contributed by atoms with E-state index in [9.17, 15) is 29.7 Å². The molecule has 2 amide bonds. The summed E-state index contributed by atoms with van der Waals surface area (Å²) in [4.78, 5) is 35.1. The summed E-state index contributed by atoms with van der Waals surface area (Å²) >= 11 is 0. The zero-order valence-electron chi connectivity index (χ0n) is 15.7. The summed E-state index contributed by atoms with van der Waals surface area (Å²) in [5, 5.41) is 34.8. The molecule has 0 saturated carbocycles. The third-order valence-corrected chi connectivity index (χ3v) is 3.48. The molecule has 0 aromatic heterocycles. The molecule has 0 aromatic carbocycles. The second-order valence-electron chi connectivity index (χ2n) is 7.12. The Balaban J connectivity index is 4.95. The molecule has 8 heteroatoms. The fraction of sp³-hybridized carbons (Fsp3) is 0.611. The molecule has 0 aliphatic heterocycles. The van der Waals surface area contributed by atoms with E-state index in [-0.39, 0.29) is 18.2 Å². The molecular formula is C18H30N2O6. The highest BCUT2D eigenvalue weighted by molar-refractivity contribution is 5.95. The van der Waals surface area contributed by atoms with Crippen molar-refractivity contribution in [2.45, 2.75) is 52.0 Å². The average Bonchev–Trinajstić information content (AvgIpc) is 2.56. The van der Waals surface area contributed by atoms with E-state index < -0.39 is 42.1 Å². The maximum atomic E-state index is 12.1. The summed E-state index contributed by atoms with van der Waals surface area (Å²) in [5.41, 5.74) is -0.263. The molecule has 148 valence electrons. The van der Waals surface area contributed by atoms with Gasteiger partial charge >= 0.3 is 0 Å². The third kappa shape index (κ3) is 8.37. The molecular weight excluding hydrogens is 340 g/mol. The van der Waals surface area contributed by atoms with Crippen LogP contribution in [0.25, 0.3) is 0 Å². The van der Waals surface area contributed by atoms with Crippen molar-refractivity contribution in [1.82, 2.24) is 10.6 Å². The van der Waals surface area contributed by atoms with E-state index in [1.807, 2.05) is 20.8 Å². The number of carbonyl (C=O) groups is 3. The summed E-state index contributed by atoms with van der Waals surface area (Å²) in [6, 6.07) is -0.958. The Labute approximate surface area is 154 Å². The number of amides is 2. The molecule has 0 aliphatic carbocycles. The second kappa shape index (κ2) is 10.8. The summed E-state index contributed by atoms with van der Waals surface area (Å²) < 4.78 is 0. The van der Waals surface area contributed by atoms with Gasteiger partial charge in [-0.25, -0.2) is 0 Å². The summed E-state index contributed by atoms with van der Waals surface area (Å²) in [5.74, 6) is -3.07. The van der Waals surface area contributed by atoms with Crippen LogP contribution in [0, 0.1) is 11.3 Å². The first-order valence-corrected chi connectivity index (χ1v) is 8.32. The number of aliphatic hydroxyl groups excluding tert-OH is 3. The van der Waals surface area contributed by atoms with Crippen LogP contribution in [0.3, 0.4) is 0 Å². The first-order valence-electron chi connectivity index (χ1n) is 8.32. The summed E-state index contributed by atoms with van der Waals surface area (Å²) in [7, 11) is 0. The summed E-state index contributed by atoms with van der Waals surface area (Å²) in [6.07, 6.45) is -0.498. The normalized spacial score (nSPS) is 17.7. The standard InChI is InChI=1S/C18H30N2O6/c1-6-9-19-16(25)11(2)20-17(26)12(10-21)14(23)15(24)13(22)7-8-18(3,4)5/h6-8,10-15,22-24H,1,9H2,2-5H3,(H,19,25)(H,20,26)/b8-7+/t11-,12+,13+,14-,15-/m0/s1. The van der Waals surface area contributed by atoms with Gasteiger partial charge in [-0.3, -0.25) is 9.59 Å². The Morgan fingerprint density at radius 1 is 1.12 bits per heavy atom. The highest BCUT2D eigenvalue weighted by Gasteiger charge is 2.35. The molecule has 0 aromatic rings. The van der Waals surface area contributed by atoms with Crippen LogP contribution in [0.5, 0.6) is 0 Å². The van der Waals surface area contributed by atoms with Crippen LogP contribution in [0.4, 0.5) is 0 Å². The van der Waals surface area contributed by atoms with Crippen LogP contribution in [0.15, 0.2) is 24.8 Å². The molecule has 26 heavy (non-hydrogen) atoms. The van der Waals surface area contributed by atoms with Crippen LogP contribution in [-0.4, -0.2) is 64.3 Å². The Bertz CT molecular complexity index is 526. The molecule has 0 saturated heterocycles. The smallest absolute Gasteiger partial charge is 0.242 e. The van der Waals surface area contributed by atoms with Crippen molar-refractivity contribution in [3.8, 4) is 0 Å². The van der Waals surface area contributed by atoms with Crippen LogP contribution in [0.2, 0.25) is 0 Å². The van der Waals surface area contributed by atoms with Gasteiger partial charge in [0.15, 0.2) is 0 Å². The SMILES string of the molecule is C=CCNC(=O)[C@H](C)NC(=O)[C@H](C=O)[C@H](O)[C@@H](O)[C@H](O)/C=C/C(C)(C)C. The van der Waals surface area contributed by atoms with E-state index in [1.165, 1.54) is 19.1 Å². The number of rotatable bonds is 10. The minimum atomic E-state index is -1.84. The first-order chi connectivity index (χ1) is 11.9. The predicted octanol–water partition coefficient (Wildman–Crippen LogP) is -0.707. The van der Waals surface area contributed by atoms with Crippen LogP contribution in [0.1, 0.15) is 27.7 Å². The van der Waals surface area contributed by atoms with Gasteiger partial charge in [0.1, 0.15) is 36.6 Å². The van der Waals surface area contributed by atoms with E-state index in [2.05, 4.69) is 17.2 Å². The van der Waals surface area contributed by atoms with Gasteiger partial charge in [0.05, 0.1) is 0 Å². The quantitative estimate of drug-likeness (QED) is 0.196. The molecule has 0 fully saturated rings. The van der Waals surface area contributed by atoms with Crippen molar-refractivity contribution in [3.63, 3.8) is 0 Å². The van der Waals surface area contributed by atoms with Crippen LogP contribution >= 0.6 is 0 Å². The molecule has 0 unspecified atom stereocenters. The molecule has 0 heterocycles. The maximum absolute atomic E-state index is 12.1. The number of hydrogen-bond donors (Lipinski definition) is 5. The fourth-order valence-electron chi connectivity index (χ4n) is 1.91. The Hall–Kier alpha value is -2.03. The van der Waals surface area contributed by atoms with Crippen molar-refractivity contribution < 1.29 is 29.7 Å². The van der Waals surface area contributed by atoms with Gasteiger partial charge in [-0.2, -0.15) is 0 Å². The zero-order valence-corrected chi connectivity index (χ0v) is 15.7. The largest absolute Gasteiger partial charge is 0.389 e. The van der Waals surface area contributed by atoms with Crippen molar-refractivity contribution in [1.29, 1.82) is 0 Å². The predicted molar refractivity (Wildman–Crippen MR) is 97.0 cm³/mol. The Morgan fingerprint density at radius 2 is 1.69 bits per heavy atom. The number of allylic oxidation sites excluding steroid dienone is 1. The maximum Gasteiger partial charge on any atom is 0.242 e. The van der Waals surface area contributed by atoms with E-state index in [0.29, 0.717) is 0 Å². The molecule has 0 spiro atoms. The van der Waals surface area contributed by atoms with Crippen molar-refractivity contribution in [2.75, 3.05) is 6.54 Å². The lowest BCUT2D eigenvalue weighted by atomic mass is 9.91. The first kappa shape index (κ1) is 24.0. The Morgan fingerprint density at radius 3 is 2.15 bits per heavy atom. The monoisotopic (exact) mass is 370 g/mol. The zero-order chi connectivity index (χ0) is 20.5. The number of aliphatic hydroxyl groups is 3. The second-order valence-corrected chi connectivity index (χ2v) is 7.12. The van der Waals surface area contributed by atoms with Crippen molar-refractivity contribution in [3.05, 3.63) is 24.8 Å². The molecule has 0 radical (unpaired) electrons. The van der Waals surface area contributed by atoms with Gasteiger partial charge in [0, 0.05) is 6.54 Å². The molecule has 0 aliphatic rings. The fourth-order valence-corrected chi connectivity index (χ4v) is 1.91. The summed E-state index contributed by atoms with van der Waals surface area (Å²) in [6.45, 7) is 10.7. The van der Waals surface area contributed by atoms with Gasteiger partial charge < -0.3 is 30.7 Å². The van der Waals surface area contributed by atoms with E-state index >= 15 is 0 Å². The van der Waals surface area contributed by atoms with Crippen molar-refractivity contribution >= 4 is 18.1 Å². The third-order valence-electron chi connectivity index (χ3n) is 3.48. The highest BCUT2D eigenvalue weighted by atomic mass is 16.4. The minimum absolute atomic E-state index is 0.164. The molecule has 5 atom stereocenters. The van der Waals surface area contributed by atoms with Crippen LogP contribution in [-0.2, 0) is 14.4 Å². The van der Waals surface area contributed by atoms with Gasteiger partial charge in [0.25, 0.3) is 0 Å². The van der Waals surface area contributed by atoms with Crippen molar-refractivity contribution in [2.24, 2.45) is 11.3 Å². The number of hydrogen-bond acceptors (Lipinski definition) is 6. The average molecular weight is 370 g/mol. The molecule has 0 bridgehead atoms. The van der Waals surface area contributed by atoms with Gasteiger partial charge in [-0.05, 0) is 12.3 Å². The van der Waals surface area contributed by atoms with E-state index in [4.69, 9.17) is 0 Å². The number of carbonyl (C=O) groups excluding carboxylic acids is 3. The molecule has 5 N–H and O–H groups in total. The lowest BCUT2D eigenvalue weighted by Gasteiger charge is -2.26. The van der Waals surface area contributed by atoms with Gasteiger partial charge in [-0.1, -0.05) is 39.0 Å². The lowest BCUT2D eigenvalue weighted by molar-refractivity contribution is -0.142. The molecule has 0 rings (SSSR count). The topological polar surface area (TPSA) is 136 Å². The highest BCUT2D eigenvalue weighted by Crippen LogP contribution is 2.17.